The van der Waals surface area contributed by atoms with Gasteiger partial charge in [0.05, 0.1) is 0 Å². The van der Waals surface area contributed by atoms with Gasteiger partial charge in [0.2, 0.25) is 5.78 Å². The van der Waals surface area contributed by atoms with Crippen LogP contribution in [0.25, 0.3) is 0 Å². The van der Waals surface area contributed by atoms with Crippen LogP contribution < -0.4 is 0 Å². The monoisotopic (exact) mass is 342 g/mol. The Morgan fingerprint density at radius 3 is 2.00 bits per heavy atom. The molecule has 0 bridgehead atoms. The van der Waals surface area contributed by atoms with Gasteiger partial charge in [0.15, 0.2) is 0 Å². The number of carbonyl (C=O) groups is 2. The van der Waals surface area contributed by atoms with Crippen molar-refractivity contribution in [3.8, 4) is 0 Å². The van der Waals surface area contributed by atoms with Crippen molar-refractivity contribution in [2.45, 2.75) is 57.9 Å². The van der Waals surface area contributed by atoms with Crippen molar-refractivity contribution >= 4 is 11.7 Å². The molecule has 1 aliphatic heterocycles. The molecule has 25 heavy (non-hydrogen) atoms. The largest absolute Gasteiger partial charge is 0.333 e. The van der Waals surface area contributed by atoms with Gasteiger partial charge in [0.1, 0.15) is 0 Å². The minimum atomic E-state index is -0.380. The highest BCUT2D eigenvalue weighted by molar-refractivity contribution is 6.42. The molecule has 4 nitrogen and oxygen atoms in total. The molecule has 0 unspecified atom stereocenters. The number of hydrogen-bond acceptors (Lipinski definition) is 3. The maximum absolute atomic E-state index is 12.6. The van der Waals surface area contributed by atoms with Crippen LogP contribution in [0.1, 0.15) is 62.4 Å². The average molecular weight is 342 g/mol. The number of rotatable bonds is 3. The van der Waals surface area contributed by atoms with Gasteiger partial charge in [-0.15, -0.1) is 0 Å². The first-order chi connectivity index (χ1) is 11.9. The standard InChI is InChI=1S/C21H30N2O2/c1-21(2,3)17-10-8-16(9-11-17)19(24)20(25)23-14-12-22(13-15-23)18-6-4-5-7-18/h8-11,18H,4-7,12-15H2,1-3H3. The summed E-state index contributed by atoms with van der Waals surface area (Å²) >= 11 is 0. The first-order valence-corrected chi connectivity index (χ1v) is 9.54. The van der Waals surface area contributed by atoms with E-state index in [-0.39, 0.29) is 17.1 Å². The van der Waals surface area contributed by atoms with Crippen LogP contribution in [0.3, 0.4) is 0 Å². The minimum Gasteiger partial charge on any atom is -0.333 e. The Bertz CT molecular complexity index is 616. The van der Waals surface area contributed by atoms with Gasteiger partial charge in [0, 0.05) is 37.8 Å². The molecule has 0 N–H and O–H groups in total. The third-order valence-electron chi connectivity index (χ3n) is 5.65. The molecule has 3 rings (SSSR count). The summed E-state index contributed by atoms with van der Waals surface area (Å²) in [6.45, 7) is 9.54. The number of hydrogen-bond donors (Lipinski definition) is 0. The van der Waals surface area contributed by atoms with Crippen LogP contribution >= 0.6 is 0 Å². The second-order valence-corrected chi connectivity index (χ2v) is 8.42. The van der Waals surface area contributed by atoms with Crippen LogP contribution in [0, 0.1) is 0 Å². The average Bonchev–Trinajstić information content (AvgIpc) is 3.14. The van der Waals surface area contributed by atoms with Gasteiger partial charge >= 0.3 is 0 Å². The van der Waals surface area contributed by atoms with Crippen LogP contribution in [0.4, 0.5) is 0 Å². The van der Waals surface area contributed by atoms with E-state index in [1.54, 1.807) is 17.0 Å². The zero-order valence-corrected chi connectivity index (χ0v) is 15.8. The Kier molecular flexibility index (Phi) is 5.28. The summed E-state index contributed by atoms with van der Waals surface area (Å²) in [5.74, 6) is -0.732. The second kappa shape index (κ2) is 7.28. The number of carbonyl (C=O) groups excluding carboxylic acids is 2. The lowest BCUT2D eigenvalue weighted by Crippen LogP contribution is -2.52. The van der Waals surface area contributed by atoms with E-state index in [0.29, 0.717) is 24.7 Å². The van der Waals surface area contributed by atoms with Crippen molar-refractivity contribution in [1.29, 1.82) is 0 Å². The summed E-state index contributed by atoms with van der Waals surface area (Å²) in [7, 11) is 0. The van der Waals surface area contributed by atoms with E-state index in [0.717, 1.165) is 13.1 Å². The zero-order valence-electron chi connectivity index (χ0n) is 15.8. The Hall–Kier alpha value is -1.68. The maximum atomic E-state index is 12.6. The summed E-state index contributed by atoms with van der Waals surface area (Å²) in [5, 5.41) is 0. The van der Waals surface area contributed by atoms with E-state index in [4.69, 9.17) is 0 Å². The molecule has 1 aromatic carbocycles. The van der Waals surface area contributed by atoms with Gasteiger partial charge in [-0.3, -0.25) is 14.5 Å². The Balaban J connectivity index is 1.58. The van der Waals surface area contributed by atoms with Crippen molar-refractivity contribution in [2.75, 3.05) is 26.2 Å². The van der Waals surface area contributed by atoms with Crippen LogP contribution in [0.5, 0.6) is 0 Å². The van der Waals surface area contributed by atoms with Crippen molar-refractivity contribution in [3.05, 3.63) is 35.4 Å². The van der Waals surface area contributed by atoms with Crippen molar-refractivity contribution in [2.24, 2.45) is 0 Å². The van der Waals surface area contributed by atoms with E-state index < -0.39 is 0 Å². The number of piperazine rings is 1. The number of ketones is 1. The SMILES string of the molecule is CC(C)(C)c1ccc(C(=O)C(=O)N2CCN(C3CCCC3)CC2)cc1. The van der Waals surface area contributed by atoms with Crippen LogP contribution in [0.15, 0.2) is 24.3 Å². The van der Waals surface area contributed by atoms with E-state index in [2.05, 4.69) is 25.7 Å². The molecule has 0 aromatic heterocycles. The molecule has 0 spiro atoms. The predicted molar refractivity (Wildman–Crippen MR) is 99.9 cm³/mol. The number of benzene rings is 1. The van der Waals surface area contributed by atoms with E-state index in [1.807, 2.05) is 12.1 Å². The number of amides is 1. The molecule has 2 aliphatic rings. The highest BCUT2D eigenvalue weighted by atomic mass is 16.2. The highest BCUT2D eigenvalue weighted by Crippen LogP contribution is 2.25. The highest BCUT2D eigenvalue weighted by Gasteiger charge is 2.30. The Morgan fingerprint density at radius 2 is 1.48 bits per heavy atom. The molecule has 4 heteroatoms. The van der Waals surface area contributed by atoms with E-state index >= 15 is 0 Å². The number of Topliss-reactive ketones (excluding diaryl/α,β-unsaturated/α-hetero) is 1. The lowest BCUT2D eigenvalue weighted by Gasteiger charge is -2.37. The summed E-state index contributed by atoms with van der Waals surface area (Å²) in [6.07, 6.45) is 5.22. The fourth-order valence-corrected chi connectivity index (χ4v) is 3.95. The molecular formula is C21H30N2O2. The Labute approximate surface area is 151 Å². The maximum Gasteiger partial charge on any atom is 0.295 e. The fourth-order valence-electron chi connectivity index (χ4n) is 3.95. The van der Waals surface area contributed by atoms with Gasteiger partial charge in [-0.1, -0.05) is 57.9 Å². The summed E-state index contributed by atoms with van der Waals surface area (Å²) in [6, 6.07) is 8.18. The molecule has 1 aliphatic carbocycles. The molecule has 0 atom stereocenters. The lowest BCUT2D eigenvalue weighted by molar-refractivity contribution is -0.128. The second-order valence-electron chi connectivity index (χ2n) is 8.42. The molecule has 136 valence electrons. The third kappa shape index (κ3) is 4.12. The Morgan fingerprint density at radius 1 is 0.920 bits per heavy atom. The van der Waals surface area contributed by atoms with Crippen molar-refractivity contribution in [1.82, 2.24) is 9.80 Å². The predicted octanol–water partition coefficient (Wildman–Crippen LogP) is 3.25. The first kappa shape index (κ1) is 18.1. The third-order valence-corrected chi connectivity index (χ3v) is 5.65. The molecule has 1 aromatic rings. The van der Waals surface area contributed by atoms with Crippen LogP contribution in [0.2, 0.25) is 0 Å². The molecule has 1 saturated carbocycles. The molecular weight excluding hydrogens is 312 g/mol. The van der Waals surface area contributed by atoms with Crippen LogP contribution in [-0.2, 0) is 10.2 Å². The summed E-state index contributed by atoms with van der Waals surface area (Å²) < 4.78 is 0. The van der Waals surface area contributed by atoms with Gasteiger partial charge in [-0.05, 0) is 23.8 Å². The quantitative estimate of drug-likeness (QED) is 0.625. The molecule has 0 radical (unpaired) electrons. The summed E-state index contributed by atoms with van der Waals surface area (Å²) in [4.78, 5) is 29.3. The zero-order chi connectivity index (χ0) is 18.0. The van der Waals surface area contributed by atoms with Crippen LogP contribution in [-0.4, -0.2) is 53.7 Å². The topological polar surface area (TPSA) is 40.6 Å². The molecule has 1 amide bonds. The smallest absolute Gasteiger partial charge is 0.295 e. The summed E-state index contributed by atoms with van der Waals surface area (Å²) in [5.41, 5.74) is 1.71. The van der Waals surface area contributed by atoms with E-state index in [1.165, 1.54) is 31.2 Å². The van der Waals surface area contributed by atoms with Gasteiger partial charge in [0.25, 0.3) is 5.91 Å². The van der Waals surface area contributed by atoms with Gasteiger partial charge in [-0.2, -0.15) is 0 Å². The fraction of sp³-hybridized carbons (Fsp3) is 0.619. The first-order valence-electron chi connectivity index (χ1n) is 9.54. The van der Waals surface area contributed by atoms with Crippen molar-refractivity contribution < 1.29 is 9.59 Å². The molecule has 2 fully saturated rings. The normalized spacial score (nSPS) is 20.0. The van der Waals surface area contributed by atoms with Gasteiger partial charge in [-0.25, -0.2) is 0 Å². The molecule has 1 saturated heterocycles. The van der Waals surface area contributed by atoms with Gasteiger partial charge < -0.3 is 4.90 Å². The van der Waals surface area contributed by atoms with E-state index in [9.17, 15) is 9.59 Å². The lowest BCUT2D eigenvalue weighted by atomic mass is 9.86. The number of nitrogens with zero attached hydrogens (tertiary/aromatic N) is 2. The molecule has 1 heterocycles. The minimum absolute atomic E-state index is 0.0438. The van der Waals surface area contributed by atoms with Crippen molar-refractivity contribution in [3.63, 3.8) is 0 Å².